The maximum Gasteiger partial charge on any atom is 0.250 e. The van der Waals surface area contributed by atoms with Gasteiger partial charge < -0.3 is 11.1 Å². The van der Waals surface area contributed by atoms with Crippen LogP contribution < -0.4 is 11.1 Å². The minimum atomic E-state index is -0.573. The standard InChI is InChI=1S/C15H14ClFN2O/c1-9-6-11(17)3-2-10(9)8-19-12-4-5-14(16)13(7-12)15(18)20/h2-7,19H,8H2,1H3,(H2,18,20). The van der Waals surface area contributed by atoms with Crippen LogP contribution in [-0.2, 0) is 6.54 Å². The van der Waals surface area contributed by atoms with E-state index in [1.165, 1.54) is 12.1 Å². The number of carbonyl (C=O) groups excluding carboxylic acids is 1. The van der Waals surface area contributed by atoms with E-state index in [2.05, 4.69) is 5.32 Å². The molecule has 0 bridgehead atoms. The lowest BCUT2D eigenvalue weighted by atomic mass is 10.1. The summed E-state index contributed by atoms with van der Waals surface area (Å²) in [7, 11) is 0. The number of benzene rings is 2. The van der Waals surface area contributed by atoms with Gasteiger partial charge in [-0.05, 0) is 48.4 Å². The van der Waals surface area contributed by atoms with Gasteiger partial charge in [-0.25, -0.2) is 4.39 Å². The Balaban J connectivity index is 2.15. The molecule has 0 aliphatic carbocycles. The molecule has 1 amide bonds. The minimum absolute atomic E-state index is 0.256. The second-order valence-corrected chi connectivity index (χ2v) is 4.89. The van der Waals surface area contributed by atoms with Crippen LogP contribution in [0.1, 0.15) is 21.5 Å². The molecule has 0 aromatic heterocycles. The van der Waals surface area contributed by atoms with Crippen molar-refractivity contribution in [3.8, 4) is 0 Å². The number of aryl methyl sites for hydroxylation is 1. The molecule has 5 heteroatoms. The average Bonchev–Trinajstić information content (AvgIpc) is 2.39. The molecule has 0 unspecified atom stereocenters. The Labute approximate surface area is 121 Å². The molecule has 0 spiro atoms. The van der Waals surface area contributed by atoms with E-state index in [4.69, 9.17) is 17.3 Å². The van der Waals surface area contributed by atoms with Crippen molar-refractivity contribution in [3.05, 3.63) is 63.9 Å². The lowest BCUT2D eigenvalue weighted by Gasteiger charge is -2.10. The van der Waals surface area contributed by atoms with Gasteiger partial charge in [0.05, 0.1) is 10.6 Å². The summed E-state index contributed by atoms with van der Waals surface area (Å²) in [6.45, 7) is 2.36. The first-order chi connectivity index (χ1) is 9.47. The topological polar surface area (TPSA) is 55.1 Å². The monoisotopic (exact) mass is 292 g/mol. The van der Waals surface area contributed by atoms with Crippen LogP contribution in [0, 0.1) is 12.7 Å². The quantitative estimate of drug-likeness (QED) is 0.906. The van der Waals surface area contributed by atoms with Crippen LogP contribution in [0.3, 0.4) is 0 Å². The van der Waals surface area contributed by atoms with Crippen molar-refractivity contribution in [3.63, 3.8) is 0 Å². The van der Waals surface area contributed by atoms with Crippen LogP contribution in [0.2, 0.25) is 5.02 Å². The van der Waals surface area contributed by atoms with E-state index in [0.717, 1.165) is 16.8 Å². The molecule has 2 aromatic rings. The van der Waals surface area contributed by atoms with Gasteiger partial charge in [0.1, 0.15) is 5.82 Å². The van der Waals surface area contributed by atoms with Crippen LogP contribution in [0.25, 0.3) is 0 Å². The number of rotatable bonds is 4. The summed E-state index contributed by atoms with van der Waals surface area (Å²) in [5.74, 6) is -0.828. The van der Waals surface area contributed by atoms with E-state index in [9.17, 15) is 9.18 Å². The first kappa shape index (κ1) is 14.3. The number of hydrogen-bond donors (Lipinski definition) is 2. The van der Waals surface area contributed by atoms with Gasteiger partial charge in [0, 0.05) is 12.2 Å². The maximum atomic E-state index is 13.0. The summed E-state index contributed by atoms with van der Waals surface area (Å²) in [5.41, 5.74) is 8.07. The molecule has 3 N–H and O–H groups in total. The zero-order valence-electron chi connectivity index (χ0n) is 10.9. The second-order valence-electron chi connectivity index (χ2n) is 4.48. The van der Waals surface area contributed by atoms with Gasteiger partial charge in [0.15, 0.2) is 0 Å². The molecule has 2 aromatic carbocycles. The summed E-state index contributed by atoms with van der Waals surface area (Å²) < 4.78 is 13.0. The van der Waals surface area contributed by atoms with E-state index < -0.39 is 5.91 Å². The van der Waals surface area contributed by atoms with Gasteiger partial charge in [-0.15, -0.1) is 0 Å². The fourth-order valence-electron chi connectivity index (χ4n) is 1.88. The molecule has 0 saturated heterocycles. The van der Waals surface area contributed by atoms with Crippen molar-refractivity contribution >= 4 is 23.2 Å². The minimum Gasteiger partial charge on any atom is -0.381 e. The van der Waals surface area contributed by atoms with E-state index in [1.807, 2.05) is 6.92 Å². The maximum absolute atomic E-state index is 13.0. The van der Waals surface area contributed by atoms with E-state index in [-0.39, 0.29) is 11.4 Å². The zero-order valence-corrected chi connectivity index (χ0v) is 11.7. The molecule has 0 aliphatic heterocycles. The van der Waals surface area contributed by atoms with Crippen molar-refractivity contribution in [2.45, 2.75) is 13.5 Å². The van der Waals surface area contributed by atoms with Crippen LogP contribution >= 0.6 is 11.6 Å². The molecular weight excluding hydrogens is 279 g/mol. The third kappa shape index (κ3) is 3.27. The van der Waals surface area contributed by atoms with Crippen LogP contribution in [0.15, 0.2) is 36.4 Å². The molecule has 0 aliphatic rings. The van der Waals surface area contributed by atoms with E-state index in [0.29, 0.717) is 11.6 Å². The number of primary amides is 1. The summed E-state index contributed by atoms with van der Waals surface area (Å²) in [6, 6.07) is 9.59. The molecule has 0 radical (unpaired) electrons. The van der Waals surface area contributed by atoms with Crippen LogP contribution in [0.4, 0.5) is 10.1 Å². The van der Waals surface area contributed by atoms with Crippen molar-refractivity contribution in [2.24, 2.45) is 5.73 Å². The number of halogens is 2. The molecule has 0 saturated carbocycles. The van der Waals surface area contributed by atoms with E-state index >= 15 is 0 Å². The smallest absolute Gasteiger partial charge is 0.250 e. The van der Waals surface area contributed by atoms with Crippen molar-refractivity contribution < 1.29 is 9.18 Å². The third-order valence-corrected chi connectivity index (χ3v) is 3.35. The number of nitrogens with two attached hydrogens (primary N) is 1. The molecule has 0 atom stereocenters. The molecule has 2 rings (SSSR count). The highest BCUT2D eigenvalue weighted by Gasteiger charge is 2.07. The summed E-state index contributed by atoms with van der Waals surface area (Å²) in [6.07, 6.45) is 0. The number of nitrogens with one attached hydrogen (secondary N) is 1. The number of anilines is 1. The van der Waals surface area contributed by atoms with Gasteiger partial charge in [-0.3, -0.25) is 4.79 Å². The number of hydrogen-bond acceptors (Lipinski definition) is 2. The second kappa shape index (κ2) is 5.92. The summed E-state index contributed by atoms with van der Waals surface area (Å²) in [4.78, 5) is 11.2. The SMILES string of the molecule is Cc1cc(F)ccc1CNc1ccc(Cl)c(C(N)=O)c1. The highest BCUT2D eigenvalue weighted by molar-refractivity contribution is 6.33. The van der Waals surface area contributed by atoms with Crippen molar-refractivity contribution in [1.29, 1.82) is 0 Å². The Bertz CT molecular complexity index is 658. The van der Waals surface area contributed by atoms with Gasteiger partial charge in [0.25, 0.3) is 0 Å². The number of amides is 1. The van der Waals surface area contributed by atoms with Gasteiger partial charge in [-0.1, -0.05) is 17.7 Å². The Morgan fingerprint density at radius 2 is 2.05 bits per heavy atom. The molecule has 0 heterocycles. The first-order valence-electron chi connectivity index (χ1n) is 6.05. The molecule has 104 valence electrons. The third-order valence-electron chi connectivity index (χ3n) is 3.02. The summed E-state index contributed by atoms with van der Waals surface area (Å²) in [5, 5.41) is 3.48. The predicted octanol–water partition coefficient (Wildman–Crippen LogP) is 3.50. The van der Waals surface area contributed by atoms with Crippen molar-refractivity contribution in [2.75, 3.05) is 5.32 Å². The average molecular weight is 293 g/mol. The Kier molecular flexibility index (Phi) is 4.25. The Morgan fingerprint density at radius 1 is 1.30 bits per heavy atom. The normalized spacial score (nSPS) is 10.3. The van der Waals surface area contributed by atoms with Crippen molar-refractivity contribution in [1.82, 2.24) is 0 Å². The zero-order chi connectivity index (χ0) is 14.7. The Morgan fingerprint density at radius 3 is 2.70 bits per heavy atom. The molecule has 20 heavy (non-hydrogen) atoms. The largest absolute Gasteiger partial charge is 0.381 e. The van der Waals surface area contributed by atoms with Gasteiger partial charge in [0.2, 0.25) is 5.91 Å². The summed E-state index contributed by atoms with van der Waals surface area (Å²) >= 11 is 5.88. The number of carbonyl (C=O) groups is 1. The molecule has 0 fully saturated rings. The van der Waals surface area contributed by atoms with Crippen LogP contribution in [0.5, 0.6) is 0 Å². The highest BCUT2D eigenvalue weighted by Crippen LogP contribution is 2.21. The fraction of sp³-hybridized carbons (Fsp3) is 0.133. The predicted molar refractivity (Wildman–Crippen MR) is 78.4 cm³/mol. The Hall–Kier alpha value is -2.07. The van der Waals surface area contributed by atoms with Crippen LogP contribution in [-0.4, -0.2) is 5.91 Å². The molecular formula is C15H14ClFN2O. The van der Waals surface area contributed by atoms with Gasteiger partial charge >= 0.3 is 0 Å². The highest BCUT2D eigenvalue weighted by atomic mass is 35.5. The fourth-order valence-corrected chi connectivity index (χ4v) is 2.09. The van der Waals surface area contributed by atoms with Gasteiger partial charge in [-0.2, -0.15) is 0 Å². The first-order valence-corrected chi connectivity index (χ1v) is 6.43. The lowest BCUT2D eigenvalue weighted by Crippen LogP contribution is -2.12. The van der Waals surface area contributed by atoms with E-state index in [1.54, 1.807) is 24.3 Å². The molecule has 3 nitrogen and oxygen atoms in total. The lowest BCUT2D eigenvalue weighted by molar-refractivity contribution is 0.100.